The number of fused-ring (bicyclic) bond motifs is 2. The molecule has 2 aromatic heterocycles. The number of carbonyl (C=O) groups is 1. The number of benzene rings is 2. The number of aryl methyl sites for hydroxylation is 1. The normalized spacial score (nSPS) is 11.3. The first kappa shape index (κ1) is 20.2. The molecule has 0 saturated carbocycles. The van der Waals surface area contributed by atoms with Gasteiger partial charge in [0.1, 0.15) is 11.3 Å². The van der Waals surface area contributed by atoms with Crippen molar-refractivity contribution in [1.82, 2.24) is 9.97 Å². The van der Waals surface area contributed by atoms with E-state index >= 15 is 0 Å². The van der Waals surface area contributed by atoms with Crippen LogP contribution in [0.4, 0.5) is 0 Å². The molecule has 2 aromatic carbocycles. The van der Waals surface area contributed by atoms with Gasteiger partial charge in [-0.15, -0.1) is 0 Å². The number of pyridine rings is 1. The van der Waals surface area contributed by atoms with Crippen LogP contribution in [-0.4, -0.2) is 34.7 Å². The Labute approximate surface area is 178 Å². The molecule has 0 aliphatic carbocycles. The van der Waals surface area contributed by atoms with Gasteiger partial charge in [-0.05, 0) is 61.7 Å². The van der Waals surface area contributed by atoms with E-state index in [-0.39, 0.29) is 5.56 Å². The molecule has 0 atom stereocenters. The van der Waals surface area contributed by atoms with Crippen LogP contribution in [0.25, 0.3) is 33.1 Å². The maximum absolute atomic E-state index is 11.9. The van der Waals surface area contributed by atoms with E-state index in [0.29, 0.717) is 34.6 Å². The van der Waals surface area contributed by atoms with E-state index in [9.17, 15) is 9.90 Å². The minimum absolute atomic E-state index is 0.232. The molecule has 0 fully saturated rings. The minimum Gasteiger partial charge on any atom is -0.494 e. The Morgan fingerprint density at radius 3 is 2.80 bits per heavy atom. The number of ether oxygens (including phenoxy) is 1. The molecule has 0 aliphatic heterocycles. The second-order valence-electron chi connectivity index (χ2n) is 7.09. The van der Waals surface area contributed by atoms with Crippen LogP contribution in [0, 0.1) is 0 Å². The number of hydrogen-bond donors (Lipinski definition) is 3. The summed E-state index contributed by atoms with van der Waals surface area (Å²) >= 11 is 6.46. The number of nitrogens with one attached hydrogen (secondary N) is 1. The van der Waals surface area contributed by atoms with E-state index in [1.807, 2.05) is 24.3 Å². The van der Waals surface area contributed by atoms with Gasteiger partial charge in [0.25, 0.3) is 0 Å². The highest BCUT2D eigenvalue weighted by Crippen LogP contribution is 2.40. The lowest BCUT2D eigenvalue weighted by Crippen LogP contribution is -2.01. The molecule has 0 spiro atoms. The first-order chi connectivity index (χ1) is 14.6. The molecule has 4 rings (SSSR count). The van der Waals surface area contributed by atoms with Crippen LogP contribution >= 0.6 is 11.6 Å². The zero-order valence-corrected chi connectivity index (χ0v) is 17.3. The third-order valence-corrected chi connectivity index (χ3v) is 5.66. The maximum Gasteiger partial charge on any atom is 0.336 e. The summed E-state index contributed by atoms with van der Waals surface area (Å²) in [5.41, 5.74) is 9.99. The van der Waals surface area contributed by atoms with Crippen LogP contribution in [0.3, 0.4) is 0 Å². The van der Waals surface area contributed by atoms with Gasteiger partial charge in [-0.25, -0.2) is 4.79 Å². The summed E-state index contributed by atoms with van der Waals surface area (Å²) in [4.78, 5) is 19.8. The van der Waals surface area contributed by atoms with Gasteiger partial charge in [-0.2, -0.15) is 0 Å². The van der Waals surface area contributed by atoms with Crippen LogP contribution in [0.1, 0.15) is 28.8 Å². The molecule has 0 unspecified atom stereocenters. The number of H-pyrrole nitrogens is 1. The second-order valence-corrected chi connectivity index (χ2v) is 7.50. The molecule has 4 aromatic rings. The summed E-state index contributed by atoms with van der Waals surface area (Å²) in [7, 11) is 1.61. The number of aromatic nitrogens is 2. The number of methoxy groups -OCH3 is 1. The highest BCUT2D eigenvalue weighted by atomic mass is 35.5. The van der Waals surface area contributed by atoms with E-state index in [1.54, 1.807) is 25.4 Å². The van der Waals surface area contributed by atoms with E-state index in [2.05, 4.69) is 9.97 Å². The number of nitrogens with two attached hydrogens (primary N) is 1. The Bertz CT molecular complexity index is 1250. The molecule has 0 radical (unpaired) electrons. The number of aromatic carboxylic acids is 1. The number of aromatic amines is 1. The summed E-state index contributed by atoms with van der Waals surface area (Å²) in [5, 5.41) is 11.8. The zero-order valence-electron chi connectivity index (χ0n) is 16.5. The fourth-order valence-electron chi connectivity index (χ4n) is 3.97. The number of rotatable bonds is 7. The number of carboxylic acid groups (broad SMARTS) is 1. The Hall–Kier alpha value is -3.09. The Morgan fingerprint density at radius 1 is 1.23 bits per heavy atom. The molecule has 154 valence electrons. The van der Waals surface area contributed by atoms with Gasteiger partial charge in [0, 0.05) is 22.5 Å². The quantitative estimate of drug-likeness (QED) is 0.362. The number of hydrogen-bond acceptors (Lipinski definition) is 4. The fraction of sp³-hybridized carbons (Fsp3) is 0.217. The Balaban J connectivity index is 2.05. The van der Waals surface area contributed by atoms with E-state index in [4.69, 9.17) is 22.1 Å². The monoisotopic (exact) mass is 423 g/mol. The van der Waals surface area contributed by atoms with Gasteiger partial charge in [0.15, 0.2) is 0 Å². The Kier molecular flexibility index (Phi) is 5.61. The van der Waals surface area contributed by atoms with Crippen molar-refractivity contribution in [3.63, 3.8) is 0 Å². The van der Waals surface area contributed by atoms with Crippen molar-refractivity contribution >= 4 is 39.4 Å². The number of nitrogens with zero attached hydrogens (tertiary/aromatic N) is 1. The smallest absolute Gasteiger partial charge is 0.336 e. The molecule has 2 heterocycles. The van der Waals surface area contributed by atoms with E-state index in [1.165, 1.54) is 0 Å². The highest BCUT2D eigenvalue weighted by Gasteiger charge is 2.22. The van der Waals surface area contributed by atoms with Gasteiger partial charge in [-0.1, -0.05) is 17.7 Å². The van der Waals surface area contributed by atoms with Gasteiger partial charge in [-0.3, -0.25) is 4.98 Å². The summed E-state index contributed by atoms with van der Waals surface area (Å²) in [6, 6.07) is 10.9. The van der Waals surface area contributed by atoms with Crippen molar-refractivity contribution in [2.24, 2.45) is 5.73 Å². The first-order valence-electron chi connectivity index (χ1n) is 9.75. The molecule has 6 nitrogen and oxygen atoms in total. The topological polar surface area (TPSA) is 101 Å². The summed E-state index contributed by atoms with van der Waals surface area (Å²) in [6.07, 6.45) is 4.09. The average Bonchev–Trinajstić information content (AvgIpc) is 3.13. The molecule has 0 aliphatic rings. The fourth-order valence-corrected chi connectivity index (χ4v) is 4.18. The zero-order chi connectivity index (χ0) is 21.3. The molecule has 7 heteroatoms. The van der Waals surface area contributed by atoms with Gasteiger partial charge < -0.3 is 20.6 Å². The summed E-state index contributed by atoms with van der Waals surface area (Å²) in [6.45, 7) is 0.583. The standard InChI is InChI=1S/C23H22ClN3O3/c1-30-18-10-8-14(13-6-4-12-26-21(13)18)20-15(5-2-3-11-25)19-16(23(28)29)7-9-17(24)22(19)27-20/h4,6-10,12,27H,2-3,5,11,25H2,1H3,(H,28,29). The lowest BCUT2D eigenvalue weighted by molar-refractivity contribution is 0.0699. The molecule has 0 bridgehead atoms. The van der Waals surface area contributed by atoms with Crippen LogP contribution in [0.2, 0.25) is 5.02 Å². The van der Waals surface area contributed by atoms with E-state index < -0.39 is 5.97 Å². The van der Waals surface area contributed by atoms with Crippen LogP contribution in [0.5, 0.6) is 5.75 Å². The van der Waals surface area contributed by atoms with Crippen LogP contribution in [-0.2, 0) is 6.42 Å². The van der Waals surface area contributed by atoms with E-state index in [0.717, 1.165) is 40.6 Å². The van der Waals surface area contributed by atoms with Gasteiger partial charge in [0.2, 0.25) is 0 Å². The van der Waals surface area contributed by atoms with Crippen molar-refractivity contribution in [3.05, 3.63) is 58.7 Å². The SMILES string of the molecule is COc1ccc(-c2[nH]c3c(Cl)ccc(C(=O)O)c3c2CCCCN)c2cccnc12. The third kappa shape index (κ3) is 3.38. The summed E-state index contributed by atoms with van der Waals surface area (Å²) < 4.78 is 5.47. The lowest BCUT2D eigenvalue weighted by Gasteiger charge is -2.11. The second kappa shape index (κ2) is 8.34. The molecule has 0 amide bonds. The average molecular weight is 424 g/mol. The molecular weight excluding hydrogens is 402 g/mol. The molecule has 0 saturated heterocycles. The van der Waals surface area contributed by atoms with Gasteiger partial charge in [0.05, 0.1) is 28.9 Å². The van der Waals surface area contributed by atoms with Crippen molar-refractivity contribution in [2.45, 2.75) is 19.3 Å². The predicted octanol–water partition coefficient (Wildman–Crippen LogP) is 5.02. The van der Waals surface area contributed by atoms with Gasteiger partial charge >= 0.3 is 5.97 Å². The largest absolute Gasteiger partial charge is 0.494 e. The minimum atomic E-state index is -0.983. The third-order valence-electron chi connectivity index (χ3n) is 5.34. The van der Waals surface area contributed by atoms with Crippen molar-refractivity contribution in [3.8, 4) is 17.0 Å². The first-order valence-corrected chi connectivity index (χ1v) is 10.1. The Morgan fingerprint density at radius 2 is 2.07 bits per heavy atom. The predicted molar refractivity (Wildman–Crippen MR) is 120 cm³/mol. The summed E-state index contributed by atoms with van der Waals surface area (Å²) in [5.74, 6) is -0.303. The number of halogens is 1. The van der Waals surface area contributed by atoms with Crippen LogP contribution < -0.4 is 10.5 Å². The van der Waals surface area contributed by atoms with Crippen LogP contribution in [0.15, 0.2) is 42.6 Å². The highest BCUT2D eigenvalue weighted by molar-refractivity contribution is 6.36. The maximum atomic E-state index is 11.9. The molecule has 4 N–H and O–H groups in total. The number of carboxylic acids is 1. The van der Waals surface area contributed by atoms with Crippen molar-refractivity contribution in [1.29, 1.82) is 0 Å². The number of unbranched alkanes of at least 4 members (excludes halogenated alkanes) is 1. The van der Waals surface area contributed by atoms with Crippen molar-refractivity contribution < 1.29 is 14.6 Å². The van der Waals surface area contributed by atoms with Crippen molar-refractivity contribution in [2.75, 3.05) is 13.7 Å². The molecular formula is C23H22ClN3O3. The lowest BCUT2D eigenvalue weighted by atomic mass is 9.95. The molecule has 30 heavy (non-hydrogen) atoms.